The first-order chi connectivity index (χ1) is 13.8. The number of hydrogen-bond donors (Lipinski definition) is 0. The van der Waals surface area contributed by atoms with Crippen molar-refractivity contribution in [3.63, 3.8) is 0 Å². The summed E-state index contributed by atoms with van der Waals surface area (Å²) in [5.74, 6) is 0. The molecule has 1 aliphatic rings. The Morgan fingerprint density at radius 1 is 0.793 bits per heavy atom. The smallest absolute Gasteiger partial charge is 0.287 e. The van der Waals surface area contributed by atoms with Crippen LogP contribution in [0.4, 0.5) is 16.2 Å². The first-order valence-corrected chi connectivity index (χ1v) is 10.8. The molecule has 5 nitrogen and oxygen atoms in total. The maximum absolute atomic E-state index is 13.5. The van der Waals surface area contributed by atoms with Gasteiger partial charge in [-0.1, -0.05) is 48.0 Å². The van der Waals surface area contributed by atoms with E-state index in [2.05, 4.69) is 0 Å². The largest absolute Gasteiger partial charge is 0.343 e. The lowest BCUT2D eigenvalue weighted by Gasteiger charge is -2.36. The number of anilines is 2. The van der Waals surface area contributed by atoms with E-state index >= 15 is 0 Å². The molecule has 1 aliphatic heterocycles. The average Bonchev–Trinajstić information content (AvgIpc) is 2.66. The molecule has 0 aromatic heterocycles. The number of carbonyl (C=O) groups excluding carboxylic acids is 1. The number of para-hydroxylation sites is 1. The second kappa shape index (κ2) is 7.04. The monoisotopic (exact) mass is 406 g/mol. The summed E-state index contributed by atoms with van der Waals surface area (Å²) in [5, 5.41) is 0. The highest BCUT2D eigenvalue weighted by Crippen LogP contribution is 2.38. The van der Waals surface area contributed by atoms with E-state index in [0.29, 0.717) is 11.4 Å². The van der Waals surface area contributed by atoms with Gasteiger partial charge in [0.1, 0.15) is 4.90 Å². The van der Waals surface area contributed by atoms with E-state index in [1.165, 1.54) is 4.90 Å². The summed E-state index contributed by atoms with van der Waals surface area (Å²) in [5.41, 5.74) is 4.60. The van der Waals surface area contributed by atoms with Crippen LogP contribution in [0.2, 0.25) is 0 Å². The third-order valence-electron chi connectivity index (χ3n) is 4.98. The Hall–Kier alpha value is -3.12. The van der Waals surface area contributed by atoms with E-state index in [1.54, 1.807) is 36.4 Å². The third kappa shape index (κ3) is 3.40. The van der Waals surface area contributed by atoms with Crippen LogP contribution in [0.5, 0.6) is 0 Å². The van der Waals surface area contributed by atoms with Crippen molar-refractivity contribution in [1.82, 2.24) is 0 Å². The Balaban J connectivity index is 1.88. The molecule has 3 aromatic rings. The molecular weight excluding hydrogens is 384 g/mol. The molecule has 148 valence electrons. The van der Waals surface area contributed by atoms with Crippen LogP contribution in [-0.2, 0) is 16.6 Å². The van der Waals surface area contributed by atoms with Crippen LogP contribution in [0.25, 0.3) is 0 Å². The van der Waals surface area contributed by atoms with Crippen LogP contribution in [0.3, 0.4) is 0 Å². The zero-order chi connectivity index (χ0) is 20.8. The molecule has 0 bridgehead atoms. The van der Waals surface area contributed by atoms with Crippen LogP contribution in [0.15, 0.2) is 71.6 Å². The topological polar surface area (TPSA) is 57.7 Å². The van der Waals surface area contributed by atoms with E-state index in [9.17, 15) is 13.2 Å². The van der Waals surface area contributed by atoms with Crippen LogP contribution in [0, 0.1) is 20.8 Å². The Labute approximate surface area is 171 Å². The highest BCUT2D eigenvalue weighted by Gasteiger charge is 2.42. The van der Waals surface area contributed by atoms with Gasteiger partial charge in [-0.2, -0.15) is 4.31 Å². The van der Waals surface area contributed by atoms with Crippen molar-refractivity contribution in [2.24, 2.45) is 0 Å². The molecule has 6 heteroatoms. The van der Waals surface area contributed by atoms with Gasteiger partial charge in [0.15, 0.2) is 0 Å². The van der Waals surface area contributed by atoms with Gasteiger partial charge in [-0.05, 0) is 61.7 Å². The zero-order valence-corrected chi connectivity index (χ0v) is 17.4. The Morgan fingerprint density at radius 3 is 2.07 bits per heavy atom. The number of rotatable bonds is 3. The van der Waals surface area contributed by atoms with Crippen LogP contribution in [-0.4, -0.2) is 14.4 Å². The van der Waals surface area contributed by atoms with Gasteiger partial charge >= 0.3 is 6.03 Å². The highest BCUT2D eigenvalue weighted by atomic mass is 32.2. The van der Waals surface area contributed by atoms with Gasteiger partial charge in [-0.15, -0.1) is 0 Å². The Morgan fingerprint density at radius 2 is 1.41 bits per heavy atom. The summed E-state index contributed by atoms with van der Waals surface area (Å²) in [6.45, 7) is 6.05. The molecule has 0 fully saturated rings. The molecule has 3 aromatic carbocycles. The molecule has 0 atom stereocenters. The van der Waals surface area contributed by atoms with E-state index in [4.69, 9.17) is 0 Å². The molecule has 0 saturated carbocycles. The summed E-state index contributed by atoms with van der Waals surface area (Å²) in [6, 6.07) is 19.3. The quantitative estimate of drug-likeness (QED) is 0.619. The number of hydrogen-bond acceptors (Lipinski definition) is 3. The summed E-state index contributed by atoms with van der Waals surface area (Å²) in [6.07, 6.45) is 0. The predicted octanol–water partition coefficient (Wildman–Crippen LogP) is 4.95. The maximum Gasteiger partial charge on any atom is 0.343 e. The third-order valence-corrected chi connectivity index (χ3v) is 6.73. The number of nitrogens with zero attached hydrogens (tertiary/aromatic N) is 2. The van der Waals surface area contributed by atoms with Gasteiger partial charge in [-0.3, -0.25) is 4.90 Å². The summed E-state index contributed by atoms with van der Waals surface area (Å²) < 4.78 is 27.6. The molecule has 29 heavy (non-hydrogen) atoms. The second-order valence-electron chi connectivity index (χ2n) is 7.44. The molecule has 1 heterocycles. The molecule has 2 amide bonds. The van der Waals surface area contributed by atoms with Crippen molar-refractivity contribution in [2.45, 2.75) is 32.2 Å². The lowest BCUT2D eigenvalue weighted by Crippen LogP contribution is -2.50. The molecule has 4 rings (SSSR count). The number of carbonyl (C=O) groups is 1. The van der Waals surface area contributed by atoms with Crippen molar-refractivity contribution >= 4 is 27.4 Å². The van der Waals surface area contributed by atoms with Gasteiger partial charge in [0.05, 0.1) is 17.9 Å². The second-order valence-corrected chi connectivity index (χ2v) is 9.19. The lowest BCUT2D eigenvalue weighted by molar-refractivity contribution is 0.253. The van der Waals surface area contributed by atoms with Crippen molar-refractivity contribution in [2.75, 3.05) is 9.21 Å². The van der Waals surface area contributed by atoms with Crippen molar-refractivity contribution < 1.29 is 13.2 Å². The van der Waals surface area contributed by atoms with Crippen LogP contribution in [0.1, 0.15) is 22.3 Å². The zero-order valence-electron chi connectivity index (χ0n) is 16.6. The highest BCUT2D eigenvalue weighted by molar-refractivity contribution is 7.94. The molecule has 0 N–H and O–H groups in total. The summed E-state index contributed by atoms with van der Waals surface area (Å²) >= 11 is 0. The number of fused-ring (bicyclic) bond motifs is 1. The number of aryl methyl sites for hydroxylation is 3. The van der Waals surface area contributed by atoms with Gasteiger partial charge < -0.3 is 0 Å². The number of sulfonamides is 1. The normalized spacial score (nSPS) is 15.3. The molecule has 0 aliphatic carbocycles. The van der Waals surface area contributed by atoms with E-state index in [1.807, 2.05) is 51.1 Å². The summed E-state index contributed by atoms with van der Waals surface area (Å²) in [7, 11) is -4.01. The minimum absolute atomic E-state index is 0.130. The SMILES string of the molecule is Cc1ccc(CN2C(=O)N(c3cc(C)cc(C)c3)S(=O)(=O)c3ccccc32)cc1. The van der Waals surface area contributed by atoms with Gasteiger partial charge in [-0.25, -0.2) is 13.2 Å². The maximum atomic E-state index is 13.5. The first-order valence-electron chi connectivity index (χ1n) is 9.37. The molecule has 0 spiro atoms. The number of benzene rings is 3. The van der Waals surface area contributed by atoms with Crippen LogP contribution >= 0.6 is 0 Å². The minimum atomic E-state index is -4.01. The molecular formula is C23H22N2O3S. The predicted molar refractivity (Wildman–Crippen MR) is 115 cm³/mol. The van der Waals surface area contributed by atoms with Crippen molar-refractivity contribution in [3.05, 3.63) is 89.0 Å². The molecule has 0 saturated heterocycles. The van der Waals surface area contributed by atoms with Crippen LogP contribution < -0.4 is 9.21 Å². The van der Waals surface area contributed by atoms with Gasteiger partial charge in [0, 0.05) is 0 Å². The fourth-order valence-electron chi connectivity index (χ4n) is 3.66. The lowest BCUT2D eigenvalue weighted by atomic mass is 10.1. The fourth-order valence-corrected chi connectivity index (χ4v) is 5.23. The van der Waals surface area contributed by atoms with E-state index in [0.717, 1.165) is 26.6 Å². The van der Waals surface area contributed by atoms with Crippen molar-refractivity contribution in [1.29, 1.82) is 0 Å². The Kier molecular flexibility index (Phi) is 4.67. The van der Waals surface area contributed by atoms with Crippen molar-refractivity contribution in [3.8, 4) is 0 Å². The fraction of sp³-hybridized carbons (Fsp3) is 0.174. The minimum Gasteiger partial charge on any atom is -0.287 e. The van der Waals surface area contributed by atoms with Gasteiger partial charge in [0.25, 0.3) is 10.0 Å². The first kappa shape index (κ1) is 19.2. The molecule has 0 radical (unpaired) electrons. The average molecular weight is 407 g/mol. The van der Waals surface area contributed by atoms with E-state index in [-0.39, 0.29) is 11.4 Å². The standard InChI is InChI=1S/C23H22N2O3S/c1-16-8-10-19(11-9-16)15-24-21-6-4-5-7-22(21)29(27,28)25(23(24)26)20-13-17(2)12-18(3)14-20/h4-14H,15H2,1-3H3. The number of urea groups is 1. The van der Waals surface area contributed by atoms with Gasteiger partial charge in [0.2, 0.25) is 0 Å². The summed E-state index contributed by atoms with van der Waals surface area (Å²) in [4.78, 5) is 15.1. The number of amides is 2. The van der Waals surface area contributed by atoms with E-state index < -0.39 is 16.1 Å². The molecule has 0 unspecified atom stereocenters. The Bertz CT molecular complexity index is 1180.